The summed E-state index contributed by atoms with van der Waals surface area (Å²) < 4.78 is 40.8. The number of ether oxygens (including phenoxy) is 1. The average molecular weight is 481 g/mol. The lowest BCUT2D eigenvalue weighted by Gasteiger charge is -2.34. The first-order valence-corrected chi connectivity index (χ1v) is 14.3. The number of hydrogen-bond acceptors (Lipinski definition) is 6. The van der Waals surface area contributed by atoms with E-state index in [1.807, 2.05) is 0 Å². The summed E-state index contributed by atoms with van der Waals surface area (Å²) in [5.74, 6) is 0. The minimum Gasteiger partial charge on any atom is -0.379 e. The van der Waals surface area contributed by atoms with E-state index >= 15 is 0 Å². The summed E-state index contributed by atoms with van der Waals surface area (Å²) in [7, 11) is -4.38. The van der Waals surface area contributed by atoms with Crippen molar-refractivity contribution >= 4 is 10.4 Å². The van der Waals surface area contributed by atoms with Crippen molar-refractivity contribution in [1.82, 2.24) is 11.1 Å². The topological polar surface area (TPSA) is 111 Å². The predicted molar refractivity (Wildman–Crippen MR) is 133 cm³/mol. The van der Waals surface area contributed by atoms with Crippen molar-refractivity contribution in [3.05, 3.63) is 0 Å². The molecule has 1 aliphatic heterocycles. The quantitative estimate of drug-likeness (QED) is 0.146. The smallest absolute Gasteiger partial charge is 0.379 e. The molecule has 0 aromatic rings. The molecule has 8 heteroatoms. The zero-order valence-corrected chi connectivity index (χ0v) is 21.6. The highest BCUT2D eigenvalue weighted by atomic mass is 32.3. The zero-order chi connectivity index (χ0) is 22.6. The second-order valence-corrected chi connectivity index (χ2v) is 10.2. The van der Waals surface area contributed by atoms with Crippen LogP contribution in [-0.2, 0) is 19.3 Å². The third-order valence-corrected chi connectivity index (χ3v) is 6.80. The molecule has 1 heterocycles. The molecule has 4 N–H and O–H groups in total. The molecule has 0 saturated carbocycles. The van der Waals surface area contributed by atoms with Gasteiger partial charge in [-0.15, -0.1) is 0 Å². The monoisotopic (exact) mass is 480 g/mol. The molecule has 0 radical (unpaired) electrons. The van der Waals surface area contributed by atoms with E-state index in [2.05, 4.69) is 16.0 Å². The summed E-state index contributed by atoms with van der Waals surface area (Å²) in [6.07, 6.45) is 22.4. The fourth-order valence-corrected chi connectivity index (χ4v) is 4.74. The number of morpholine rings is 1. The summed E-state index contributed by atoms with van der Waals surface area (Å²) in [5.41, 5.74) is 0. The predicted octanol–water partition coefficient (Wildman–Crippen LogP) is 6.32. The van der Waals surface area contributed by atoms with Gasteiger partial charge < -0.3 is 10.9 Å². The van der Waals surface area contributed by atoms with Crippen molar-refractivity contribution in [2.24, 2.45) is 0 Å². The third-order valence-electron chi connectivity index (χ3n) is 6.36. The summed E-state index contributed by atoms with van der Waals surface area (Å²) in [5, 5.41) is 0. The minimum absolute atomic E-state index is 0. The fourth-order valence-electron chi connectivity index (χ4n) is 4.41. The Kier molecular flexibility index (Phi) is 21.1. The lowest BCUT2D eigenvalue weighted by atomic mass is 10.0. The van der Waals surface area contributed by atoms with Crippen LogP contribution in [0.3, 0.4) is 0 Å². The number of nitrogens with zero attached hydrogens (tertiary/aromatic N) is 1. The first kappa shape index (κ1) is 31.8. The zero-order valence-electron chi connectivity index (χ0n) is 20.8. The van der Waals surface area contributed by atoms with Crippen LogP contribution in [0, 0.1) is 0 Å². The molecule has 0 bridgehead atoms. The Morgan fingerprint density at radius 2 is 1.19 bits per heavy atom. The molecule has 1 aliphatic rings. The molecule has 1 unspecified atom stereocenters. The number of unbranched alkanes of at least 4 members (excludes halogenated alkanes) is 15. The fraction of sp³-hybridized carbons (Fsp3) is 1.00. The molecule has 1 saturated heterocycles. The molecular formula is C24H52N2O5S. The molecule has 0 aromatic carbocycles. The van der Waals surface area contributed by atoms with Gasteiger partial charge in [0.05, 0.1) is 19.8 Å². The van der Waals surface area contributed by atoms with E-state index in [0.717, 1.165) is 25.9 Å². The lowest BCUT2D eigenvalue weighted by molar-refractivity contribution is 0.00303. The Balaban J connectivity index is 0.00000961. The molecule has 1 fully saturated rings. The van der Waals surface area contributed by atoms with Gasteiger partial charge in [-0.2, -0.15) is 8.42 Å². The van der Waals surface area contributed by atoms with Crippen LogP contribution < -0.4 is 6.15 Å². The molecule has 1 rings (SSSR count). The van der Waals surface area contributed by atoms with Crippen molar-refractivity contribution < 1.29 is 21.9 Å². The van der Waals surface area contributed by atoms with Crippen LogP contribution in [-0.4, -0.2) is 56.8 Å². The highest BCUT2D eigenvalue weighted by Gasteiger charge is 2.22. The van der Waals surface area contributed by atoms with Gasteiger partial charge in [0.2, 0.25) is 0 Å². The third kappa shape index (κ3) is 19.2. The summed E-state index contributed by atoms with van der Waals surface area (Å²) in [4.78, 5) is 2.22. The van der Waals surface area contributed by atoms with E-state index in [4.69, 9.17) is 9.29 Å². The van der Waals surface area contributed by atoms with Gasteiger partial charge in [0.15, 0.2) is 0 Å². The van der Waals surface area contributed by atoms with E-state index in [1.165, 1.54) is 96.3 Å². The van der Waals surface area contributed by atoms with E-state index in [9.17, 15) is 8.42 Å². The van der Waals surface area contributed by atoms with Gasteiger partial charge in [-0.3, -0.25) is 9.45 Å². The Labute approximate surface area is 198 Å². The Bertz CT molecular complexity index is 499. The van der Waals surface area contributed by atoms with Gasteiger partial charge in [0.1, 0.15) is 0 Å². The molecule has 0 aromatic heterocycles. The molecular weight excluding hydrogens is 428 g/mol. The molecule has 194 valence electrons. The van der Waals surface area contributed by atoms with Gasteiger partial charge in [0, 0.05) is 19.1 Å². The van der Waals surface area contributed by atoms with Crippen LogP contribution in [0.1, 0.15) is 116 Å². The Morgan fingerprint density at radius 1 is 0.781 bits per heavy atom. The first-order chi connectivity index (χ1) is 15.0. The van der Waals surface area contributed by atoms with Gasteiger partial charge in [-0.1, -0.05) is 110 Å². The van der Waals surface area contributed by atoms with E-state index in [-0.39, 0.29) is 18.8 Å². The second-order valence-electron chi connectivity index (χ2n) is 9.11. The average Bonchev–Trinajstić information content (AvgIpc) is 2.75. The standard InChI is InChI=1S/C24H49NO5S.H3N/c1-2-3-4-5-6-7-8-9-10-11-12-13-14-15-16-17-18-24(23-30-31(26,27)28)25-19-21-29-22-20-25;/h24H,2-23H2,1H3,(H,26,27,28);1H3. The highest BCUT2D eigenvalue weighted by Crippen LogP contribution is 2.16. The Hall–Kier alpha value is -0.250. The summed E-state index contributed by atoms with van der Waals surface area (Å²) in [6, 6.07) is 0.0254. The maximum atomic E-state index is 10.9. The molecule has 0 amide bonds. The van der Waals surface area contributed by atoms with Crippen LogP contribution in [0.25, 0.3) is 0 Å². The molecule has 0 spiro atoms. The van der Waals surface area contributed by atoms with Crippen molar-refractivity contribution in [2.45, 2.75) is 122 Å². The Morgan fingerprint density at radius 3 is 1.59 bits per heavy atom. The van der Waals surface area contributed by atoms with Crippen molar-refractivity contribution in [3.63, 3.8) is 0 Å². The number of hydrogen-bond donors (Lipinski definition) is 2. The van der Waals surface area contributed by atoms with Gasteiger partial charge in [-0.25, -0.2) is 4.18 Å². The normalized spacial score (nSPS) is 16.1. The largest absolute Gasteiger partial charge is 0.397 e. The maximum Gasteiger partial charge on any atom is 0.397 e. The summed E-state index contributed by atoms with van der Waals surface area (Å²) in [6.45, 7) is 5.21. The van der Waals surface area contributed by atoms with Crippen LogP contribution in [0.15, 0.2) is 0 Å². The van der Waals surface area contributed by atoms with Crippen molar-refractivity contribution in [2.75, 3.05) is 32.9 Å². The van der Waals surface area contributed by atoms with Crippen LogP contribution in [0.4, 0.5) is 0 Å². The van der Waals surface area contributed by atoms with E-state index in [0.29, 0.717) is 13.2 Å². The van der Waals surface area contributed by atoms with Crippen molar-refractivity contribution in [1.29, 1.82) is 0 Å². The van der Waals surface area contributed by atoms with E-state index < -0.39 is 10.4 Å². The maximum absolute atomic E-state index is 10.9. The molecule has 7 nitrogen and oxygen atoms in total. The van der Waals surface area contributed by atoms with Gasteiger partial charge >= 0.3 is 10.4 Å². The molecule has 1 atom stereocenters. The van der Waals surface area contributed by atoms with Crippen LogP contribution in [0.2, 0.25) is 0 Å². The number of rotatable bonds is 21. The SMILES string of the molecule is CCCCCCCCCCCCCCCCCCC(COS(=O)(=O)O)N1CCOCC1.N. The minimum atomic E-state index is -4.38. The van der Waals surface area contributed by atoms with Crippen LogP contribution in [0.5, 0.6) is 0 Å². The second kappa shape index (κ2) is 21.3. The lowest BCUT2D eigenvalue weighted by Crippen LogP contribution is -2.45. The van der Waals surface area contributed by atoms with Gasteiger partial charge in [0.25, 0.3) is 0 Å². The molecule has 0 aliphatic carbocycles. The van der Waals surface area contributed by atoms with Crippen LogP contribution >= 0.6 is 0 Å². The highest BCUT2D eigenvalue weighted by molar-refractivity contribution is 7.80. The summed E-state index contributed by atoms with van der Waals surface area (Å²) >= 11 is 0. The molecule has 32 heavy (non-hydrogen) atoms. The van der Waals surface area contributed by atoms with Gasteiger partial charge in [-0.05, 0) is 6.42 Å². The van der Waals surface area contributed by atoms with Crippen molar-refractivity contribution in [3.8, 4) is 0 Å². The van der Waals surface area contributed by atoms with E-state index in [1.54, 1.807) is 0 Å². The first-order valence-electron chi connectivity index (χ1n) is 13.0.